The second-order valence-electron chi connectivity index (χ2n) is 4.37. The quantitative estimate of drug-likeness (QED) is 0.872. The third kappa shape index (κ3) is 3.93. The maximum atomic E-state index is 11.8. The van der Waals surface area contributed by atoms with Gasteiger partial charge in [-0.1, -0.05) is 35.9 Å². The molecule has 1 unspecified atom stereocenters. The Labute approximate surface area is 123 Å². The molecule has 1 heterocycles. The summed E-state index contributed by atoms with van der Waals surface area (Å²) in [5.41, 5.74) is 1.78. The van der Waals surface area contributed by atoms with Crippen molar-refractivity contribution in [2.24, 2.45) is 0 Å². The van der Waals surface area contributed by atoms with Crippen molar-refractivity contribution < 1.29 is 4.79 Å². The van der Waals surface area contributed by atoms with Crippen LogP contribution >= 0.6 is 11.6 Å². The van der Waals surface area contributed by atoms with Gasteiger partial charge in [-0.15, -0.1) is 0 Å². The highest BCUT2D eigenvalue weighted by Crippen LogP contribution is 2.21. The number of carbonyl (C=O) groups is 1. The van der Waals surface area contributed by atoms with Crippen LogP contribution in [0.15, 0.2) is 54.9 Å². The van der Waals surface area contributed by atoms with E-state index in [0.29, 0.717) is 5.02 Å². The van der Waals surface area contributed by atoms with Crippen LogP contribution in [-0.4, -0.2) is 10.9 Å². The summed E-state index contributed by atoms with van der Waals surface area (Å²) in [5.74, 6) is -0.165. The molecule has 3 nitrogen and oxygen atoms in total. The van der Waals surface area contributed by atoms with Crippen molar-refractivity contribution in [2.45, 2.75) is 13.0 Å². The fraction of sp³-hybridized carbons (Fsp3) is 0.125. The number of hydrogen-bond acceptors (Lipinski definition) is 2. The Morgan fingerprint density at radius 3 is 2.80 bits per heavy atom. The van der Waals surface area contributed by atoms with E-state index in [1.807, 2.05) is 43.3 Å². The van der Waals surface area contributed by atoms with Crippen molar-refractivity contribution in [1.82, 2.24) is 10.3 Å². The minimum Gasteiger partial charge on any atom is -0.346 e. The molecule has 0 aliphatic heterocycles. The van der Waals surface area contributed by atoms with Crippen molar-refractivity contribution >= 4 is 23.6 Å². The number of pyridine rings is 1. The van der Waals surface area contributed by atoms with E-state index < -0.39 is 0 Å². The van der Waals surface area contributed by atoms with E-state index in [4.69, 9.17) is 11.6 Å². The zero-order valence-electron chi connectivity index (χ0n) is 11.1. The van der Waals surface area contributed by atoms with Crippen LogP contribution in [0.25, 0.3) is 6.08 Å². The van der Waals surface area contributed by atoms with Gasteiger partial charge in [0.25, 0.3) is 0 Å². The van der Waals surface area contributed by atoms with E-state index in [9.17, 15) is 4.79 Å². The van der Waals surface area contributed by atoms with Crippen LogP contribution in [0, 0.1) is 0 Å². The Hall–Kier alpha value is -2.13. The topological polar surface area (TPSA) is 42.0 Å². The Kier molecular flexibility index (Phi) is 4.91. The highest BCUT2D eigenvalue weighted by Gasteiger charge is 2.10. The molecule has 0 fully saturated rings. The molecule has 0 bridgehead atoms. The molecule has 0 saturated heterocycles. The molecule has 102 valence electrons. The third-order valence-electron chi connectivity index (χ3n) is 2.84. The molecule has 0 aliphatic carbocycles. The SMILES string of the molecule is CC(NC(=O)/C=C/c1cccnc1)c1ccccc1Cl. The smallest absolute Gasteiger partial charge is 0.244 e. The number of halogens is 1. The van der Waals surface area contributed by atoms with Crippen LogP contribution in [-0.2, 0) is 4.79 Å². The molecular formula is C16H15ClN2O. The van der Waals surface area contributed by atoms with Gasteiger partial charge in [0.15, 0.2) is 0 Å². The normalized spacial score (nSPS) is 12.3. The number of nitrogens with zero attached hydrogens (tertiary/aromatic N) is 1. The first-order chi connectivity index (χ1) is 9.66. The molecular weight excluding hydrogens is 272 g/mol. The van der Waals surface area contributed by atoms with Crippen molar-refractivity contribution in [3.63, 3.8) is 0 Å². The first kappa shape index (κ1) is 14.3. The number of benzene rings is 1. The average molecular weight is 287 g/mol. The minimum atomic E-state index is -0.165. The van der Waals surface area contributed by atoms with Gasteiger partial charge in [-0.3, -0.25) is 9.78 Å². The van der Waals surface area contributed by atoms with Crippen LogP contribution in [0.2, 0.25) is 5.02 Å². The number of hydrogen-bond donors (Lipinski definition) is 1. The number of rotatable bonds is 4. The summed E-state index contributed by atoms with van der Waals surface area (Å²) in [5, 5.41) is 3.53. The van der Waals surface area contributed by atoms with Gasteiger partial charge in [0.2, 0.25) is 5.91 Å². The molecule has 2 rings (SSSR count). The van der Waals surface area contributed by atoms with E-state index in [2.05, 4.69) is 10.3 Å². The Morgan fingerprint density at radius 2 is 2.10 bits per heavy atom. The monoisotopic (exact) mass is 286 g/mol. The maximum absolute atomic E-state index is 11.8. The molecule has 1 amide bonds. The standard InChI is InChI=1S/C16H15ClN2O/c1-12(14-6-2-3-7-15(14)17)19-16(20)9-8-13-5-4-10-18-11-13/h2-12H,1H3,(H,19,20)/b9-8+. The molecule has 1 atom stereocenters. The number of amides is 1. The van der Waals surface area contributed by atoms with Crippen molar-refractivity contribution in [3.05, 3.63) is 71.0 Å². The molecule has 0 saturated carbocycles. The van der Waals surface area contributed by atoms with Gasteiger partial charge in [-0.05, 0) is 36.3 Å². The predicted octanol–water partition coefficient (Wildman–Crippen LogP) is 3.63. The summed E-state index contributed by atoms with van der Waals surface area (Å²) in [6, 6.07) is 11.0. The fourth-order valence-corrected chi connectivity index (χ4v) is 2.11. The largest absolute Gasteiger partial charge is 0.346 e. The summed E-state index contributed by atoms with van der Waals surface area (Å²) in [6.45, 7) is 1.90. The summed E-state index contributed by atoms with van der Waals surface area (Å²) in [4.78, 5) is 15.8. The lowest BCUT2D eigenvalue weighted by Gasteiger charge is -2.14. The van der Waals surface area contributed by atoms with E-state index >= 15 is 0 Å². The molecule has 0 aliphatic rings. The van der Waals surface area contributed by atoms with E-state index in [0.717, 1.165) is 11.1 Å². The van der Waals surface area contributed by atoms with Gasteiger partial charge in [-0.2, -0.15) is 0 Å². The highest BCUT2D eigenvalue weighted by atomic mass is 35.5. The van der Waals surface area contributed by atoms with Crippen molar-refractivity contribution in [2.75, 3.05) is 0 Å². The van der Waals surface area contributed by atoms with Crippen LogP contribution in [0.3, 0.4) is 0 Å². The summed E-state index contributed by atoms with van der Waals surface area (Å²) in [6.07, 6.45) is 6.60. The van der Waals surface area contributed by atoms with Gasteiger partial charge in [0.1, 0.15) is 0 Å². The average Bonchev–Trinajstić information content (AvgIpc) is 2.46. The van der Waals surface area contributed by atoms with Gasteiger partial charge in [0, 0.05) is 23.5 Å². The number of nitrogens with one attached hydrogen (secondary N) is 1. The first-order valence-electron chi connectivity index (χ1n) is 6.30. The minimum absolute atomic E-state index is 0.144. The number of carbonyl (C=O) groups excluding carboxylic acids is 1. The summed E-state index contributed by atoms with van der Waals surface area (Å²) < 4.78 is 0. The molecule has 20 heavy (non-hydrogen) atoms. The van der Waals surface area contributed by atoms with Crippen molar-refractivity contribution in [1.29, 1.82) is 0 Å². The van der Waals surface area contributed by atoms with E-state index in [-0.39, 0.29) is 11.9 Å². The molecule has 4 heteroatoms. The van der Waals surface area contributed by atoms with Crippen LogP contribution < -0.4 is 5.32 Å². The second kappa shape index (κ2) is 6.87. The zero-order valence-corrected chi connectivity index (χ0v) is 11.8. The van der Waals surface area contributed by atoms with Crippen LogP contribution in [0.4, 0.5) is 0 Å². The Morgan fingerprint density at radius 1 is 1.30 bits per heavy atom. The van der Waals surface area contributed by atoms with Crippen molar-refractivity contribution in [3.8, 4) is 0 Å². The maximum Gasteiger partial charge on any atom is 0.244 e. The first-order valence-corrected chi connectivity index (χ1v) is 6.67. The molecule has 1 aromatic carbocycles. The summed E-state index contributed by atoms with van der Waals surface area (Å²) >= 11 is 6.10. The fourth-order valence-electron chi connectivity index (χ4n) is 1.81. The van der Waals surface area contributed by atoms with Gasteiger partial charge >= 0.3 is 0 Å². The third-order valence-corrected chi connectivity index (χ3v) is 3.19. The Bertz CT molecular complexity index is 611. The lowest BCUT2D eigenvalue weighted by atomic mass is 10.1. The number of aromatic nitrogens is 1. The van der Waals surface area contributed by atoms with Crippen LogP contribution in [0.1, 0.15) is 24.1 Å². The van der Waals surface area contributed by atoms with E-state index in [1.165, 1.54) is 6.08 Å². The molecule has 1 aromatic heterocycles. The Balaban J connectivity index is 1.98. The highest BCUT2D eigenvalue weighted by molar-refractivity contribution is 6.31. The van der Waals surface area contributed by atoms with Gasteiger partial charge < -0.3 is 5.32 Å². The predicted molar refractivity (Wildman–Crippen MR) is 81.3 cm³/mol. The van der Waals surface area contributed by atoms with Crippen LogP contribution in [0.5, 0.6) is 0 Å². The van der Waals surface area contributed by atoms with Gasteiger partial charge in [0.05, 0.1) is 6.04 Å². The van der Waals surface area contributed by atoms with E-state index in [1.54, 1.807) is 18.5 Å². The zero-order chi connectivity index (χ0) is 14.4. The van der Waals surface area contributed by atoms with Gasteiger partial charge in [-0.25, -0.2) is 0 Å². The molecule has 0 spiro atoms. The second-order valence-corrected chi connectivity index (χ2v) is 4.78. The molecule has 1 N–H and O–H groups in total. The lowest BCUT2D eigenvalue weighted by Crippen LogP contribution is -2.24. The molecule has 2 aromatic rings. The lowest BCUT2D eigenvalue weighted by molar-refractivity contribution is -0.117. The summed E-state index contributed by atoms with van der Waals surface area (Å²) in [7, 11) is 0. The molecule has 0 radical (unpaired) electrons.